The molecule has 11 heteroatoms. The van der Waals surface area contributed by atoms with Crippen molar-refractivity contribution in [2.75, 3.05) is 24.9 Å². The summed E-state index contributed by atoms with van der Waals surface area (Å²) in [6, 6.07) is 8.06. The van der Waals surface area contributed by atoms with Gasteiger partial charge < -0.3 is 14.2 Å². The van der Waals surface area contributed by atoms with Crippen molar-refractivity contribution in [3.63, 3.8) is 0 Å². The van der Waals surface area contributed by atoms with Crippen LogP contribution in [0.25, 0.3) is 10.7 Å². The van der Waals surface area contributed by atoms with Crippen LogP contribution in [0.15, 0.2) is 39.8 Å². The minimum absolute atomic E-state index is 0.0845. The Hall–Kier alpha value is -2.92. The fraction of sp³-hybridized carbons (Fsp3) is 0.316. The van der Waals surface area contributed by atoms with Gasteiger partial charge in [0.15, 0.2) is 0 Å². The van der Waals surface area contributed by atoms with Crippen molar-refractivity contribution in [2.24, 2.45) is 0 Å². The van der Waals surface area contributed by atoms with Crippen LogP contribution in [0.3, 0.4) is 0 Å². The highest BCUT2D eigenvalue weighted by atomic mass is 32.2. The molecule has 0 atom stereocenters. The number of anilines is 1. The van der Waals surface area contributed by atoms with Crippen LogP contribution in [0.1, 0.15) is 28.4 Å². The second kappa shape index (κ2) is 8.07. The zero-order chi connectivity index (χ0) is 21.3. The number of methoxy groups -OCH3 is 1. The molecule has 0 bridgehead atoms. The molecule has 0 saturated carbocycles. The van der Waals surface area contributed by atoms with Crippen LogP contribution < -0.4 is 9.46 Å². The molecule has 0 unspecified atom stereocenters. The number of aromatic nitrogens is 2. The predicted molar refractivity (Wildman–Crippen MR) is 111 cm³/mol. The number of sulfonamides is 1. The molecule has 1 N–H and O–H groups in total. The van der Waals surface area contributed by atoms with Crippen molar-refractivity contribution in [1.82, 2.24) is 15.0 Å². The normalized spacial score (nSPS) is 14.1. The third-order valence-electron chi connectivity index (χ3n) is 4.73. The summed E-state index contributed by atoms with van der Waals surface area (Å²) in [6.07, 6.45) is 1.92. The summed E-state index contributed by atoms with van der Waals surface area (Å²) in [5, 5.41) is 3.87. The first kappa shape index (κ1) is 20.4. The lowest BCUT2D eigenvalue weighted by atomic mass is 10.3. The van der Waals surface area contributed by atoms with Crippen molar-refractivity contribution in [2.45, 2.75) is 24.7 Å². The largest absolute Gasteiger partial charge is 0.497 e. The van der Waals surface area contributed by atoms with Crippen LogP contribution in [-0.2, 0) is 10.0 Å². The number of carbonyl (C=O) groups is 1. The van der Waals surface area contributed by atoms with E-state index < -0.39 is 10.0 Å². The summed E-state index contributed by atoms with van der Waals surface area (Å²) < 4.78 is 38.5. The Kier molecular flexibility index (Phi) is 5.48. The standard InChI is InChI=1S/C19H20N4O5S2/c1-12-16(30(25,26)22-13-5-7-14(27-2)8-6-13)11-15(29-12)17-20-18(28-21-17)19(24)23-9-3-4-10-23/h5-8,11,22H,3-4,9-10H2,1-2H3. The van der Waals surface area contributed by atoms with Crippen LogP contribution in [0.2, 0.25) is 0 Å². The van der Waals surface area contributed by atoms with Gasteiger partial charge in [0.05, 0.1) is 12.0 Å². The van der Waals surface area contributed by atoms with E-state index in [4.69, 9.17) is 9.26 Å². The van der Waals surface area contributed by atoms with Gasteiger partial charge in [-0.3, -0.25) is 9.52 Å². The van der Waals surface area contributed by atoms with Crippen molar-refractivity contribution in [3.05, 3.63) is 41.1 Å². The first-order chi connectivity index (χ1) is 14.4. The van der Waals surface area contributed by atoms with Gasteiger partial charge in [-0.15, -0.1) is 11.3 Å². The summed E-state index contributed by atoms with van der Waals surface area (Å²) in [7, 11) is -2.28. The smallest absolute Gasteiger partial charge is 0.316 e. The van der Waals surface area contributed by atoms with Gasteiger partial charge in [0, 0.05) is 23.7 Å². The van der Waals surface area contributed by atoms with Gasteiger partial charge in [0.25, 0.3) is 10.0 Å². The quantitative estimate of drug-likeness (QED) is 0.616. The average molecular weight is 449 g/mol. The van der Waals surface area contributed by atoms with Crippen molar-refractivity contribution in [1.29, 1.82) is 0 Å². The molecule has 9 nitrogen and oxygen atoms in total. The van der Waals surface area contributed by atoms with Crippen LogP contribution >= 0.6 is 11.3 Å². The summed E-state index contributed by atoms with van der Waals surface area (Å²) in [5.74, 6) is 0.437. The highest BCUT2D eigenvalue weighted by molar-refractivity contribution is 7.93. The number of rotatable bonds is 6. The minimum Gasteiger partial charge on any atom is -0.497 e. The Bertz CT molecular complexity index is 1160. The number of hydrogen-bond donors (Lipinski definition) is 1. The molecular formula is C19H20N4O5S2. The molecule has 1 saturated heterocycles. The molecule has 3 aromatic rings. The summed E-state index contributed by atoms with van der Waals surface area (Å²) in [5.41, 5.74) is 0.418. The first-order valence-electron chi connectivity index (χ1n) is 9.28. The van der Waals surface area contributed by atoms with E-state index in [2.05, 4.69) is 14.9 Å². The molecule has 0 aliphatic carbocycles. The number of amides is 1. The van der Waals surface area contributed by atoms with Crippen molar-refractivity contribution in [3.8, 4) is 16.5 Å². The van der Waals surface area contributed by atoms with Gasteiger partial charge in [-0.05, 0) is 50.1 Å². The average Bonchev–Trinajstić information content (AvgIpc) is 3.48. The molecule has 158 valence electrons. The highest BCUT2D eigenvalue weighted by Gasteiger charge is 2.27. The molecule has 1 aromatic carbocycles. The fourth-order valence-corrected chi connectivity index (χ4v) is 5.75. The zero-order valence-corrected chi connectivity index (χ0v) is 18.0. The third kappa shape index (κ3) is 4.03. The van der Waals surface area contributed by atoms with Crippen molar-refractivity contribution >= 4 is 33.0 Å². The molecule has 30 heavy (non-hydrogen) atoms. The zero-order valence-electron chi connectivity index (χ0n) is 16.4. The van der Waals surface area contributed by atoms with E-state index in [1.54, 1.807) is 36.1 Å². The molecule has 4 rings (SSSR count). The Morgan fingerprint density at radius 2 is 1.93 bits per heavy atom. The lowest BCUT2D eigenvalue weighted by Gasteiger charge is -2.10. The summed E-state index contributed by atoms with van der Waals surface area (Å²) in [4.78, 5) is 19.4. The van der Waals surface area contributed by atoms with Crippen LogP contribution in [0.4, 0.5) is 5.69 Å². The van der Waals surface area contributed by atoms with Crippen LogP contribution in [-0.4, -0.2) is 49.6 Å². The monoisotopic (exact) mass is 448 g/mol. The lowest BCUT2D eigenvalue weighted by Crippen LogP contribution is -2.27. The number of ether oxygens (including phenoxy) is 1. The van der Waals surface area contributed by atoms with E-state index in [0.717, 1.165) is 12.8 Å². The maximum absolute atomic E-state index is 12.8. The van der Waals surface area contributed by atoms with Gasteiger partial charge in [-0.25, -0.2) is 8.42 Å². The molecule has 0 spiro atoms. The molecular weight excluding hydrogens is 428 g/mol. The Morgan fingerprint density at radius 1 is 1.23 bits per heavy atom. The molecule has 1 amide bonds. The highest BCUT2D eigenvalue weighted by Crippen LogP contribution is 2.33. The van der Waals surface area contributed by atoms with Crippen molar-refractivity contribution < 1.29 is 22.5 Å². The van der Waals surface area contributed by atoms with Gasteiger partial charge in [0.1, 0.15) is 10.6 Å². The van der Waals surface area contributed by atoms with E-state index in [1.807, 2.05) is 0 Å². The molecule has 3 heterocycles. The van der Waals surface area contributed by atoms with Gasteiger partial charge in [-0.2, -0.15) is 4.98 Å². The van der Waals surface area contributed by atoms with Gasteiger partial charge in [0.2, 0.25) is 5.82 Å². The van der Waals surface area contributed by atoms with E-state index in [9.17, 15) is 13.2 Å². The van der Waals surface area contributed by atoms with E-state index in [-0.39, 0.29) is 22.5 Å². The van der Waals surface area contributed by atoms with E-state index >= 15 is 0 Å². The number of aryl methyl sites for hydroxylation is 1. The molecule has 1 aliphatic rings. The molecule has 1 aliphatic heterocycles. The molecule has 0 radical (unpaired) electrons. The minimum atomic E-state index is -3.82. The first-order valence-corrected chi connectivity index (χ1v) is 11.6. The van der Waals surface area contributed by atoms with E-state index in [0.29, 0.717) is 34.3 Å². The second-order valence-electron chi connectivity index (χ2n) is 6.79. The Labute approximate surface area is 177 Å². The summed E-state index contributed by atoms with van der Waals surface area (Å²) in [6.45, 7) is 3.05. The number of nitrogens with one attached hydrogen (secondary N) is 1. The fourth-order valence-electron chi connectivity index (χ4n) is 3.18. The molecule has 2 aromatic heterocycles. The number of hydrogen-bond acceptors (Lipinski definition) is 8. The van der Waals surface area contributed by atoms with E-state index in [1.165, 1.54) is 24.5 Å². The van der Waals surface area contributed by atoms with Gasteiger partial charge in [-0.1, -0.05) is 5.16 Å². The number of thiophene rings is 1. The number of benzene rings is 1. The Morgan fingerprint density at radius 3 is 2.60 bits per heavy atom. The van der Waals surface area contributed by atoms with Crippen LogP contribution in [0, 0.1) is 6.92 Å². The topological polar surface area (TPSA) is 115 Å². The maximum atomic E-state index is 12.8. The Balaban J connectivity index is 1.56. The molecule has 1 fully saturated rings. The number of nitrogens with zero attached hydrogens (tertiary/aromatic N) is 3. The third-order valence-corrected chi connectivity index (χ3v) is 7.41. The van der Waals surface area contributed by atoms with Crippen LogP contribution in [0.5, 0.6) is 5.75 Å². The number of carbonyl (C=O) groups excluding carboxylic acids is 1. The second-order valence-corrected chi connectivity index (χ2v) is 9.69. The SMILES string of the molecule is COc1ccc(NS(=O)(=O)c2cc(-c3noc(C(=O)N4CCCC4)n3)sc2C)cc1. The summed E-state index contributed by atoms with van der Waals surface area (Å²) >= 11 is 1.22. The lowest BCUT2D eigenvalue weighted by molar-refractivity contribution is 0.0743. The number of likely N-dealkylation sites (tertiary alicyclic amines) is 1. The predicted octanol–water partition coefficient (Wildman–Crippen LogP) is 3.15. The van der Waals surface area contributed by atoms with Gasteiger partial charge >= 0.3 is 11.8 Å². The maximum Gasteiger partial charge on any atom is 0.316 e.